The molecule has 3 rings (SSSR count). The summed E-state index contributed by atoms with van der Waals surface area (Å²) in [6.45, 7) is 0.830. The molecule has 1 aliphatic heterocycles. The van der Waals surface area contributed by atoms with Crippen LogP contribution in [0.2, 0.25) is 0 Å². The minimum atomic E-state index is -0.0487. The number of carbonyl (C=O) groups is 2. The van der Waals surface area contributed by atoms with Gasteiger partial charge >= 0.3 is 0 Å². The maximum absolute atomic E-state index is 11.5. The number of thiophene rings is 1. The van der Waals surface area contributed by atoms with Crippen molar-refractivity contribution in [2.45, 2.75) is 13.0 Å². The molecule has 86 valence electrons. The lowest BCUT2D eigenvalue weighted by Gasteiger charge is -2.12. The van der Waals surface area contributed by atoms with E-state index in [2.05, 4.69) is 18.2 Å². The lowest BCUT2D eigenvalue weighted by atomic mass is 10.2. The van der Waals surface area contributed by atoms with Gasteiger partial charge in [0.2, 0.25) is 5.91 Å². The number of carbonyl (C=O) groups excluding carboxylic acids is 2. The highest BCUT2D eigenvalue weighted by Crippen LogP contribution is 2.27. The number of ketones is 1. The second kappa shape index (κ2) is 3.96. The quantitative estimate of drug-likeness (QED) is 0.761. The van der Waals surface area contributed by atoms with Gasteiger partial charge in [0.15, 0.2) is 5.78 Å². The molecule has 0 unspecified atom stereocenters. The summed E-state index contributed by atoms with van der Waals surface area (Å²) in [5.74, 6) is -0.0245. The van der Waals surface area contributed by atoms with Crippen LogP contribution in [0.25, 0.3) is 10.1 Å². The van der Waals surface area contributed by atoms with Gasteiger partial charge in [-0.3, -0.25) is 9.59 Å². The molecule has 0 radical (unpaired) electrons. The standard InChI is InChI=1S/C13H11NO2S/c15-10-6-13(16)14(7-10)8-11-5-9-3-1-2-4-12(9)17-11/h1-5H,6-8H2. The van der Waals surface area contributed by atoms with E-state index in [0.29, 0.717) is 6.54 Å². The molecule has 1 aromatic heterocycles. The first-order valence-corrected chi connectivity index (χ1v) is 6.31. The lowest BCUT2D eigenvalue weighted by molar-refractivity contribution is -0.128. The van der Waals surface area contributed by atoms with Gasteiger partial charge in [-0.25, -0.2) is 0 Å². The smallest absolute Gasteiger partial charge is 0.230 e. The molecule has 1 saturated heterocycles. The van der Waals surface area contributed by atoms with Crippen LogP contribution in [0.4, 0.5) is 0 Å². The summed E-state index contributed by atoms with van der Waals surface area (Å²) in [4.78, 5) is 25.4. The topological polar surface area (TPSA) is 37.4 Å². The van der Waals surface area contributed by atoms with Crippen molar-refractivity contribution in [2.24, 2.45) is 0 Å². The first-order valence-electron chi connectivity index (χ1n) is 5.49. The van der Waals surface area contributed by atoms with E-state index >= 15 is 0 Å². The average molecular weight is 245 g/mol. The number of rotatable bonds is 2. The molecule has 2 aromatic rings. The number of amides is 1. The number of hydrogen-bond acceptors (Lipinski definition) is 3. The van der Waals surface area contributed by atoms with Gasteiger partial charge in [-0.05, 0) is 17.5 Å². The first-order chi connectivity index (χ1) is 8.22. The predicted molar refractivity (Wildman–Crippen MR) is 66.9 cm³/mol. The number of nitrogens with zero attached hydrogens (tertiary/aromatic N) is 1. The summed E-state index contributed by atoms with van der Waals surface area (Å²) in [5, 5.41) is 1.20. The van der Waals surface area contributed by atoms with E-state index in [1.165, 1.54) is 10.1 Å². The molecule has 1 aliphatic rings. The van der Waals surface area contributed by atoms with Gasteiger partial charge in [0.05, 0.1) is 19.5 Å². The Morgan fingerprint density at radius 3 is 2.76 bits per heavy atom. The number of benzene rings is 1. The highest BCUT2D eigenvalue weighted by Gasteiger charge is 2.27. The van der Waals surface area contributed by atoms with Gasteiger partial charge < -0.3 is 4.90 Å². The lowest BCUT2D eigenvalue weighted by Crippen LogP contribution is -2.23. The highest BCUT2D eigenvalue weighted by molar-refractivity contribution is 7.19. The largest absolute Gasteiger partial charge is 0.330 e. The summed E-state index contributed by atoms with van der Waals surface area (Å²) in [6, 6.07) is 10.2. The SMILES string of the molecule is O=C1CC(=O)N(Cc2cc3ccccc3s2)C1. The van der Waals surface area contributed by atoms with Crippen molar-refractivity contribution in [3.05, 3.63) is 35.2 Å². The van der Waals surface area contributed by atoms with Crippen LogP contribution < -0.4 is 0 Å². The molecule has 3 nitrogen and oxygen atoms in total. The predicted octanol–water partition coefficient (Wildman–Crippen LogP) is 2.20. The minimum absolute atomic E-state index is 0.0242. The summed E-state index contributed by atoms with van der Waals surface area (Å²) < 4.78 is 1.22. The third kappa shape index (κ3) is 1.96. The fourth-order valence-electron chi connectivity index (χ4n) is 2.08. The van der Waals surface area contributed by atoms with Crippen molar-refractivity contribution in [2.75, 3.05) is 6.54 Å². The molecule has 1 amide bonds. The number of likely N-dealkylation sites (tertiary alicyclic amines) is 1. The number of hydrogen-bond donors (Lipinski definition) is 0. The van der Waals surface area contributed by atoms with Gasteiger partial charge in [0, 0.05) is 9.58 Å². The molecule has 4 heteroatoms. The normalized spacial score (nSPS) is 16.1. The van der Waals surface area contributed by atoms with Crippen LogP contribution in [0.5, 0.6) is 0 Å². The molecule has 17 heavy (non-hydrogen) atoms. The van der Waals surface area contributed by atoms with Gasteiger partial charge in [0.25, 0.3) is 0 Å². The zero-order valence-corrected chi connectivity index (χ0v) is 10.00. The zero-order valence-electron chi connectivity index (χ0n) is 9.18. The second-order valence-electron chi connectivity index (χ2n) is 4.22. The molecule has 0 saturated carbocycles. The van der Waals surface area contributed by atoms with Crippen LogP contribution >= 0.6 is 11.3 Å². The van der Waals surface area contributed by atoms with Crippen molar-refractivity contribution in [3.63, 3.8) is 0 Å². The van der Waals surface area contributed by atoms with Crippen LogP contribution in [-0.2, 0) is 16.1 Å². The van der Waals surface area contributed by atoms with Crippen LogP contribution in [0.1, 0.15) is 11.3 Å². The fraction of sp³-hybridized carbons (Fsp3) is 0.231. The minimum Gasteiger partial charge on any atom is -0.330 e. The maximum atomic E-state index is 11.5. The maximum Gasteiger partial charge on any atom is 0.230 e. The Morgan fingerprint density at radius 1 is 1.24 bits per heavy atom. The summed E-state index contributed by atoms with van der Waals surface area (Å²) in [6.07, 6.45) is 0.0743. The van der Waals surface area contributed by atoms with Gasteiger partial charge in [0.1, 0.15) is 0 Å². The van der Waals surface area contributed by atoms with E-state index in [9.17, 15) is 9.59 Å². The third-order valence-electron chi connectivity index (χ3n) is 2.89. The van der Waals surface area contributed by atoms with Crippen molar-refractivity contribution in [3.8, 4) is 0 Å². The van der Waals surface area contributed by atoms with E-state index < -0.39 is 0 Å². The Hall–Kier alpha value is -1.68. The van der Waals surface area contributed by atoms with Crippen molar-refractivity contribution >= 4 is 33.1 Å². The van der Waals surface area contributed by atoms with Crippen molar-refractivity contribution in [1.82, 2.24) is 4.90 Å². The van der Waals surface area contributed by atoms with E-state index in [0.717, 1.165) is 4.88 Å². The molecule has 2 heterocycles. The third-order valence-corrected chi connectivity index (χ3v) is 3.99. The molecule has 0 spiro atoms. The number of Topliss-reactive ketones (excluding diaryl/α,β-unsaturated/α-hetero) is 1. The van der Waals surface area contributed by atoms with Crippen LogP contribution in [0, 0.1) is 0 Å². The molecule has 0 atom stereocenters. The van der Waals surface area contributed by atoms with Gasteiger partial charge in [-0.1, -0.05) is 18.2 Å². The van der Waals surface area contributed by atoms with Crippen LogP contribution in [0.3, 0.4) is 0 Å². The zero-order chi connectivity index (χ0) is 11.8. The van der Waals surface area contributed by atoms with E-state index in [1.54, 1.807) is 16.2 Å². The van der Waals surface area contributed by atoms with Crippen LogP contribution in [0.15, 0.2) is 30.3 Å². The first kappa shape index (κ1) is 10.5. The molecule has 0 aliphatic carbocycles. The van der Waals surface area contributed by atoms with E-state index in [-0.39, 0.29) is 24.7 Å². The molecular weight excluding hydrogens is 234 g/mol. The Morgan fingerprint density at radius 2 is 2.06 bits per heavy atom. The molecular formula is C13H11NO2S. The molecule has 1 fully saturated rings. The fourth-order valence-corrected chi connectivity index (χ4v) is 3.16. The van der Waals surface area contributed by atoms with E-state index in [4.69, 9.17) is 0 Å². The van der Waals surface area contributed by atoms with Crippen molar-refractivity contribution < 1.29 is 9.59 Å². The Bertz CT molecular complexity index is 569. The monoisotopic (exact) mass is 245 g/mol. The summed E-state index contributed by atoms with van der Waals surface area (Å²) in [7, 11) is 0. The Kier molecular flexibility index (Phi) is 2.44. The average Bonchev–Trinajstić information content (AvgIpc) is 2.82. The molecule has 0 N–H and O–H groups in total. The molecule has 0 bridgehead atoms. The number of fused-ring (bicyclic) bond motifs is 1. The summed E-state index contributed by atoms with van der Waals surface area (Å²) in [5.41, 5.74) is 0. The second-order valence-corrected chi connectivity index (χ2v) is 5.38. The van der Waals surface area contributed by atoms with Gasteiger partial charge in [-0.15, -0.1) is 11.3 Å². The Balaban J connectivity index is 1.85. The highest BCUT2D eigenvalue weighted by atomic mass is 32.1. The summed E-state index contributed by atoms with van der Waals surface area (Å²) >= 11 is 1.68. The Labute approximate surface area is 103 Å². The van der Waals surface area contributed by atoms with Crippen molar-refractivity contribution in [1.29, 1.82) is 0 Å². The van der Waals surface area contributed by atoms with Gasteiger partial charge in [-0.2, -0.15) is 0 Å². The molecule has 1 aromatic carbocycles. The van der Waals surface area contributed by atoms with E-state index in [1.807, 2.05) is 12.1 Å². The van der Waals surface area contributed by atoms with Crippen LogP contribution in [-0.4, -0.2) is 23.1 Å².